The first-order valence-electron chi connectivity index (χ1n) is 10.8. The zero-order valence-corrected chi connectivity index (χ0v) is 18.6. The summed E-state index contributed by atoms with van der Waals surface area (Å²) in [5.41, 5.74) is 4.57. The lowest BCUT2D eigenvalue weighted by atomic mass is 9.99. The Hall–Kier alpha value is -2.74. The van der Waals surface area contributed by atoms with Gasteiger partial charge in [-0.3, -0.25) is 4.79 Å². The van der Waals surface area contributed by atoms with E-state index in [-0.39, 0.29) is 11.7 Å². The van der Waals surface area contributed by atoms with Crippen LogP contribution in [0.2, 0.25) is 0 Å². The lowest BCUT2D eigenvalue weighted by Crippen LogP contribution is -2.42. The predicted molar refractivity (Wildman–Crippen MR) is 117 cm³/mol. The molecule has 0 radical (unpaired) electrons. The Labute approximate surface area is 186 Å². The molecule has 0 bridgehead atoms. The minimum absolute atomic E-state index is 0.0402. The number of carbonyl (C=O) groups is 1. The number of carbonyl (C=O) groups excluding carboxylic acids is 1. The van der Waals surface area contributed by atoms with Crippen molar-refractivity contribution >= 4 is 11.6 Å². The number of aryl methyl sites for hydroxylation is 1. The van der Waals surface area contributed by atoms with Crippen LogP contribution in [0.3, 0.4) is 0 Å². The summed E-state index contributed by atoms with van der Waals surface area (Å²) < 4.78 is 41.0. The van der Waals surface area contributed by atoms with E-state index in [1.807, 2.05) is 6.92 Å². The Morgan fingerprint density at radius 2 is 1.78 bits per heavy atom. The Kier molecular flexibility index (Phi) is 6.07. The number of hydrogen-bond donors (Lipinski definition) is 0. The summed E-state index contributed by atoms with van der Waals surface area (Å²) >= 11 is 0. The van der Waals surface area contributed by atoms with E-state index >= 15 is 0 Å². The maximum absolute atomic E-state index is 13.0. The van der Waals surface area contributed by atoms with Gasteiger partial charge < -0.3 is 19.4 Å². The van der Waals surface area contributed by atoms with Crippen LogP contribution in [-0.4, -0.2) is 55.3 Å². The molecular formula is C24H28F3N3O2. The van der Waals surface area contributed by atoms with E-state index in [0.29, 0.717) is 19.1 Å². The normalized spacial score (nSPS) is 17.6. The maximum atomic E-state index is 13.0. The summed E-state index contributed by atoms with van der Waals surface area (Å²) in [7, 11) is 4.27. The lowest BCUT2D eigenvalue weighted by molar-refractivity contribution is -0.274. The first kappa shape index (κ1) is 22.5. The number of likely N-dealkylation sites (tertiary alicyclic amines) is 1. The Balaban J connectivity index is 1.47. The maximum Gasteiger partial charge on any atom is 0.573 e. The number of anilines is 1. The molecule has 0 aliphatic carbocycles. The van der Waals surface area contributed by atoms with Gasteiger partial charge in [-0.2, -0.15) is 0 Å². The van der Waals surface area contributed by atoms with Gasteiger partial charge in [0, 0.05) is 37.4 Å². The third-order valence-electron chi connectivity index (χ3n) is 6.44. The molecule has 0 unspecified atom stereocenters. The molecule has 0 saturated carbocycles. The molecule has 1 amide bonds. The Morgan fingerprint density at radius 1 is 1.12 bits per heavy atom. The number of benzene rings is 2. The largest absolute Gasteiger partial charge is 0.573 e. The van der Waals surface area contributed by atoms with E-state index in [1.165, 1.54) is 12.1 Å². The van der Waals surface area contributed by atoms with Gasteiger partial charge in [0.15, 0.2) is 0 Å². The molecule has 0 spiro atoms. The van der Waals surface area contributed by atoms with Crippen molar-refractivity contribution in [1.29, 1.82) is 0 Å². The Morgan fingerprint density at radius 3 is 2.41 bits per heavy atom. The summed E-state index contributed by atoms with van der Waals surface area (Å²) in [6, 6.07) is 10.3. The molecular weight excluding hydrogens is 419 g/mol. The molecule has 0 atom stereocenters. The fourth-order valence-corrected chi connectivity index (χ4v) is 4.65. The van der Waals surface area contributed by atoms with Gasteiger partial charge in [0.2, 0.25) is 0 Å². The smallest absolute Gasteiger partial charge is 0.406 e. The minimum atomic E-state index is -4.72. The fourth-order valence-electron chi connectivity index (χ4n) is 4.65. The molecule has 32 heavy (non-hydrogen) atoms. The van der Waals surface area contributed by atoms with Gasteiger partial charge in [-0.05, 0) is 80.9 Å². The molecule has 2 heterocycles. The van der Waals surface area contributed by atoms with Crippen LogP contribution in [0.25, 0.3) is 0 Å². The van der Waals surface area contributed by atoms with Crippen LogP contribution in [0.4, 0.5) is 18.9 Å². The van der Waals surface area contributed by atoms with Gasteiger partial charge in [-0.1, -0.05) is 12.1 Å². The number of piperidine rings is 1. The second kappa shape index (κ2) is 8.65. The van der Waals surface area contributed by atoms with Crippen LogP contribution >= 0.6 is 0 Å². The zero-order chi connectivity index (χ0) is 23.0. The van der Waals surface area contributed by atoms with Gasteiger partial charge in [-0.25, -0.2) is 0 Å². The summed E-state index contributed by atoms with van der Waals surface area (Å²) in [5, 5.41) is 0. The van der Waals surface area contributed by atoms with Crippen LogP contribution in [0.1, 0.15) is 39.9 Å². The number of ether oxygens (including phenoxy) is 1. The van der Waals surface area contributed by atoms with E-state index in [9.17, 15) is 18.0 Å². The van der Waals surface area contributed by atoms with Gasteiger partial charge >= 0.3 is 6.36 Å². The Bertz CT molecular complexity index is 983. The average Bonchev–Trinajstić information content (AvgIpc) is 3.04. The summed E-state index contributed by atoms with van der Waals surface area (Å²) in [6.07, 6.45) is -2.49. The van der Waals surface area contributed by atoms with Crippen LogP contribution < -0.4 is 9.64 Å². The van der Waals surface area contributed by atoms with Crippen molar-refractivity contribution in [3.8, 4) is 5.75 Å². The van der Waals surface area contributed by atoms with Crippen molar-refractivity contribution in [2.45, 2.75) is 45.3 Å². The molecule has 1 fully saturated rings. The van der Waals surface area contributed by atoms with Crippen molar-refractivity contribution in [2.75, 3.05) is 32.1 Å². The molecule has 8 heteroatoms. The summed E-state index contributed by atoms with van der Waals surface area (Å²) in [5.74, 6) is -0.309. The first-order chi connectivity index (χ1) is 15.1. The molecule has 0 N–H and O–H groups in total. The number of alkyl halides is 3. The van der Waals surface area contributed by atoms with Crippen molar-refractivity contribution in [3.05, 3.63) is 58.7 Å². The van der Waals surface area contributed by atoms with Crippen LogP contribution in [0, 0.1) is 6.92 Å². The number of hydrogen-bond acceptors (Lipinski definition) is 4. The highest BCUT2D eigenvalue weighted by Gasteiger charge is 2.32. The molecule has 1 saturated heterocycles. The van der Waals surface area contributed by atoms with Crippen molar-refractivity contribution in [3.63, 3.8) is 0 Å². The molecule has 172 valence electrons. The molecule has 2 aromatic carbocycles. The summed E-state index contributed by atoms with van der Waals surface area (Å²) in [4.78, 5) is 19.4. The van der Waals surface area contributed by atoms with Crippen LogP contribution in [0.5, 0.6) is 5.75 Å². The molecule has 4 rings (SSSR count). The summed E-state index contributed by atoms with van der Waals surface area (Å²) in [6.45, 7) is 4.95. The van der Waals surface area contributed by atoms with Crippen molar-refractivity contribution in [2.24, 2.45) is 0 Å². The number of rotatable bonds is 5. The second-order valence-corrected chi connectivity index (χ2v) is 8.80. The number of nitrogens with zero attached hydrogens (tertiary/aromatic N) is 3. The van der Waals surface area contributed by atoms with E-state index < -0.39 is 6.36 Å². The highest BCUT2D eigenvalue weighted by Crippen LogP contribution is 2.33. The lowest BCUT2D eigenvalue weighted by Gasteiger charge is -2.36. The number of amides is 1. The third kappa shape index (κ3) is 4.85. The van der Waals surface area contributed by atoms with Crippen LogP contribution in [0.15, 0.2) is 36.4 Å². The number of halogens is 3. The van der Waals surface area contributed by atoms with Gasteiger partial charge in [0.25, 0.3) is 5.91 Å². The van der Waals surface area contributed by atoms with Gasteiger partial charge in [-0.15, -0.1) is 13.2 Å². The topological polar surface area (TPSA) is 36.0 Å². The minimum Gasteiger partial charge on any atom is -0.406 e. The van der Waals surface area contributed by atoms with Crippen LogP contribution in [-0.2, 0) is 13.1 Å². The first-order valence-corrected chi connectivity index (χ1v) is 10.8. The monoisotopic (exact) mass is 447 g/mol. The van der Waals surface area contributed by atoms with E-state index in [2.05, 4.69) is 40.8 Å². The van der Waals surface area contributed by atoms with Crippen molar-refractivity contribution in [1.82, 2.24) is 9.80 Å². The average molecular weight is 448 g/mol. The highest BCUT2D eigenvalue weighted by molar-refractivity contribution is 6.00. The SMILES string of the molecule is Cc1cc(N(C)C2CCN(C)CC2)cc2c1C(=O)N(Cc1ccc(OC(F)(F)F)cc1)C2. The molecule has 5 nitrogen and oxygen atoms in total. The highest BCUT2D eigenvalue weighted by atomic mass is 19.4. The second-order valence-electron chi connectivity index (χ2n) is 8.80. The van der Waals surface area contributed by atoms with Gasteiger partial charge in [0.1, 0.15) is 5.75 Å². The fraction of sp³-hybridized carbons (Fsp3) is 0.458. The molecule has 0 aromatic heterocycles. The van der Waals surface area contributed by atoms with Gasteiger partial charge in [0.05, 0.1) is 0 Å². The van der Waals surface area contributed by atoms with E-state index in [1.54, 1.807) is 17.0 Å². The third-order valence-corrected chi connectivity index (χ3v) is 6.44. The standard InChI is InChI=1S/C24H28F3N3O2/c1-16-12-20(29(3)19-8-10-28(2)11-9-19)13-18-15-30(23(31)22(16)18)14-17-4-6-21(7-5-17)32-24(25,26)27/h4-7,12-13,19H,8-11,14-15H2,1-3H3. The zero-order valence-electron chi connectivity index (χ0n) is 18.6. The van der Waals surface area contributed by atoms with E-state index in [0.717, 1.165) is 53.9 Å². The predicted octanol–water partition coefficient (Wildman–Crippen LogP) is 4.58. The molecule has 2 aliphatic heterocycles. The number of fused-ring (bicyclic) bond motifs is 1. The molecule has 2 aromatic rings. The van der Waals surface area contributed by atoms with E-state index in [4.69, 9.17) is 0 Å². The molecule has 2 aliphatic rings. The quantitative estimate of drug-likeness (QED) is 0.672. The van der Waals surface area contributed by atoms with Crippen molar-refractivity contribution < 1.29 is 22.7 Å².